The average Bonchev–Trinajstić information content (AvgIpc) is 3.17. The second-order valence-corrected chi connectivity index (χ2v) is 9.07. The van der Waals surface area contributed by atoms with E-state index in [-0.39, 0.29) is 24.1 Å². The van der Waals surface area contributed by atoms with E-state index < -0.39 is 5.25 Å². The number of thioether (sulfide) groups is 1. The monoisotopic (exact) mass is 484 g/mol. The summed E-state index contributed by atoms with van der Waals surface area (Å²) in [5.41, 5.74) is 1.95. The fourth-order valence-electron chi connectivity index (χ4n) is 3.19. The van der Waals surface area contributed by atoms with E-state index in [9.17, 15) is 14.0 Å². The van der Waals surface area contributed by atoms with Crippen molar-refractivity contribution in [3.05, 3.63) is 59.9 Å². The number of carbonyl (C=O) groups excluding carboxylic acids is 2. The molecule has 0 radical (unpaired) electrons. The largest absolute Gasteiger partial charge is 0.494 e. The Balaban J connectivity index is 1.46. The van der Waals surface area contributed by atoms with Crippen LogP contribution in [0.1, 0.15) is 51.5 Å². The maximum Gasteiger partial charge on any atom is 0.240 e. The van der Waals surface area contributed by atoms with E-state index in [4.69, 9.17) is 4.74 Å². The number of amidine groups is 1. The Morgan fingerprint density at radius 2 is 1.85 bits per heavy atom. The second-order valence-electron chi connectivity index (χ2n) is 7.88. The first-order valence-electron chi connectivity index (χ1n) is 11.3. The Hall–Kier alpha value is -3.20. The molecule has 1 heterocycles. The maximum absolute atomic E-state index is 13.0. The molecule has 180 valence electrons. The van der Waals surface area contributed by atoms with Crippen LogP contribution >= 0.6 is 11.8 Å². The van der Waals surface area contributed by atoms with Gasteiger partial charge in [-0.25, -0.2) is 4.39 Å². The smallest absolute Gasteiger partial charge is 0.240 e. The van der Waals surface area contributed by atoms with Gasteiger partial charge in [0.2, 0.25) is 11.8 Å². The van der Waals surface area contributed by atoms with E-state index in [0.29, 0.717) is 23.2 Å². The predicted octanol–water partition coefficient (Wildman–Crippen LogP) is 5.13. The van der Waals surface area contributed by atoms with Crippen molar-refractivity contribution in [1.29, 1.82) is 0 Å². The fraction of sp³-hybridized carbons (Fsp3) is 0.360. The number of unbranched alkanes of at least 4 members (excludes halogenated alkanes) is 3. The number of nitrogens with zero attached hydrogens (tertiary/aromatic N) is 2. The van der Waals surface area contributed by atoms with Crippen molar-refractivity contribution < 1.29 is 18.7 Å². The summed E-state index contributed by atoms with van der Waals surface area (Å²) in [6, 6.07) is 13.1. The maximum atomic E-state index is 13.0. The highest BCUT2D eigenvalue weighted by molar-refractivity contribution is 8.15. The number of halogens is 1. The van der Waals surface area contributed by atoms with Crippen molar-refractivity contribution in [3.63, 3.8) is 0 Å². The van der Waals surface area contributed by atoms with Gasteiger partial charge in [0, 0.05) is 12.1 Å². The lowest BCUT2D eigenvalue weighted by atomic mass is 10.1. The number of hydrogen-bond acceptors (Lipinski definition) is 6. The van der Waals surface area contributed by atoms with Crippen LogP contribution in [-0.4, -0.2) is 34.6 Å². The van der Waals surface area contributed by atoms with Crippen LogP contribution in [0.15, 0.2) is 58.7 Å². The van der Waals surface area contributed by atoms with Crippen LogP contribution in [0.25, 0.3) is 0 Å². The van der Waals surface area contributed by atoms with Gasteiger partial charge >= 0.3 is 0 Å². The Labute approximate surface area is 203 Å². The lowest BCUT2D eigenvalue weighted by Gasteiger charge is -2.09. The number of hydrogen-bond donors (Lipinski definition) is 2. The SMILES string of the molecule is CCCCCCOc1ccc(NC(=O)C[C@@H]2S/C(=N\N=C(\C)c3ccc(F)cc3)NC2=O)cc1. The first-order chi connectivity index (χ1) is 16.4. The topological polar surface area (TPSA) is 92.2 Å². The molecule has 2 N–H and O–H groups in total. The molecule has 2 amide bonds. The summed E-state index contributed by atoms with van der Waals surface area (Å²) in [6.07, 6.45) is 4.59. The number of nitrogens with one attached hydrogen (secondary N) is 2. The summed E-state index contributed by atoms with van der Waals surface area (Å²) in [5, 5.41) is 13.3. The molecule has 0 bridgehead atoms. The highest BCUT2D eigenvalue weighted by Crippen LogP contribution is 2.24. The van der Waals surface area contributed by atoms with E-state index >= 15 is 0 Å². The molecule has 7 nitrogen and oxygen atoms in total. The summed E-state index contributed by atoms with van der Waals surface area (Å²) in [7, 11) is 0. The van der Waals surface area contributed by atoms with Crippen LogP contribution in [0.3, 0.4) is 0 Å². The first-order valence-corrected chi connectivity index (χ1v) is 12.2. The summed E-state index contributed by atoms with van der Waals surface area (Å²) in [5.74, 6) is -0.129. The van der Waals surface area contributed by atoms with Gasteiger partial charge in [-0.1, -0.05) is 50.1 Å². The minimum Gasteiger partial charge on any atom is -0.494 e. The average molecular weight is 485 g/mol. The highest BCUT2D eigenvalue weighted by Gasteiger charge is 2.32. The molecular weight excluding hydrogens is 455 g/mol. The van der Waals surface area contributed by atoms with Gasteiger partial charge < -0.3 is 15.4 Å². The standard InChI is InChI=1S/C25H29FN4O3S/c1-3-4-5-6-15-33-21-13-11-20(12-14-21)27-23(31)16-22-24(32)28-25(34-22)30-29-17(2)18-7-9-19(26)10-8-18/h7-14,22H,3-6,15-16H2,1-2H3,(H,27,31)(H,28,30,32)/b29-17-/t22-/m0/s1. The third kappa shape index (κ3) is 7.98. The van der Waals surface area contributed by atoms with Crippen LogP contribution in [0.5, 0.6) is 5.75 Å². The van der Waals surface area contributed by atoms with E-state index in [0.717, 1.165) is 35.9 Å². The van der Waals surface area contributed by atoms with E-state index in [1.807, 2.05) is 12.1 Å². The number of ether oxygens (including phenoxy) is 1. The van der Waals surface area contributed by atoms with E-state index in [1.54, 1.807) is 31.2 Å². The van der Waals surface area contributed by atoms with Gasteiger partial charge in [-0.2, -0.15) is 5.10 Å². The molecule has 1 atom stereocenters. The van der Waals surface area contributed by atoms with Crippen LogP contribution in [0.2, 0.25) is 0 Å². The zero-order valence-electron chi connectivity index (χ0n) is 19.3. The fourth-order valence-corrected chi connectivity index (χ4v) is 4.11. The normalized spacial score (nSPS) is 17.0. The third-order valence-corrected chi connectivity index (χ3v) is 6.18. The molecule has 0 saturated carbocycles. The number of carbonyl (C=O) groups is 2. The van der Waals surface area contributed by atoms with Gasteiger partial charge in [0.25, 0.3) is 0 Å². The molecule has 34 heavy (non-hydrogen) atoms. The molecular formula is C25H29FN4O3S. The second kappa shape index (κ2) is 12.9. The van der Waals surface area contributed by atoms with E-state index in [1.165, 1.54) is 25.0 Å². The van der Waals surface area contributed by atoms with Gasteiger partial charge in [0.15, 0.2) is 5.17 Å². The van der Waals surface area contributed by atoms with Crippen molar-refractivity contribution in [1.82, 2.24) is 5.32 Å². The highest BCUT2D eigenvalue weighted by atomic mass is 32.2. The van der Waals surface area contributed by atoms with Crippen LogP contribution in [-0.2, 0) is 9.59 Å². The minimum atomic E-state index is -0.592. The molecule has 0 unspecified atom stereocenters. The molecule has 1 saturated heterocycles. The van der Waals surface area contributed by atoms with Gasteiger partial charge in [0.05, 0.1) is 12.3 Å². The number of amides is 2. The Bertz CT molecular complexity index is 1040. The summed E-state index contributed by atoms with van der Waals surface area (Å²) >= 11 is 1.16. The molecule has 1 aliphatic heterocycles. The molecule has 2 aromatic carbocycles. The van der Waals surface area contributed by atoms with Crippen LogP contribution in [0.4, 0.5) is 10.1 Å². The number of rotatable bonds is 11. The Morgan fingerprint density at radius 3 is 2.56 bits per heavy atom. The zero-order valence-corrected chi connectivity index (χ0v) is 20.2. The molecule has 2 aromatic rings. The molecule has 3 rings (SSSR count). The number of anilines is 1. The molecule has 0 spiro atoms. The zero-order chi connectivity index (χ0) is 24.3. The van der Waals surface area contributed by atoms with Crippen LogP contribution < -0.4 is 15.4 Å². The molecule has 0 aromatic heterocycles. The third-order valence-electron chi connectivity index (χ3n) is 5.10. The van der Waals surface area contributed by atoms with Crippen molar-refractivity contribution in [2.45, 2.75) is 51.2 Å². The van der Waals surface area contributed by atoms with Gasteiger partial charge in [-0.15, -0.1) is 5.10 Å². The van der Waals surface area contributed by atoms with Crippen molar-refractivity contribution in [2.75, 3.05) is 11.9 Å². The van der Waals surface area contributed by atoms with Crippen molar-refractivity contribution in [2.24, 2.45) is 10.2 Å². The molecule has 1 aliphatic rings. The van der Waals surface area contributed by atoms with Crippen LogP contribution in [0, 0.1) is 5.82 Å². The summed E-state index contributed by atoms with van der Waals surface area (Å²) in [6.45, 7) is 4.59. The molecule has 0 aliphatic carbocycles. The van der Waals surface area contributed by atoms with Gasteiger partial charge in [-0.05, 0) is 55.3 Å². The minimum absolute atomic E-state index is 0.00581. The molecule has 1 fully saturated rings. The lowest BCUT2D eigenvalue weighted by molar-refractivity contribution is -0.122. The molecule has 9 heteroatoms. The Morgan fingerprint density at radius 1 is 1.12 bits per heavy atom. The van der Waals surface area contributed by atoms with Gasteiger partial charge in [0.1, 0.15) is 16.8 Å². The van der Waals surface area contributed by atoms with Crippen molar-refractivity contribution >= 4 is 40.1 Å². The summed E-state index contributed by atoms with van der Waals surface area (Å²) < 4.78 is 18.8. The predicted molar refractivity (Wildman–Crippen MR) is 135 cm³/mol. The lowest BCUT2D eigenvalue weighted by Crippen LogP contribution is -2.28. The first kappa shape index (κ1) is 25.4. The quantitative estimate of drug-likeness (QED) is 0.263. The Kier molecular flexibility index (Phi) is 9.63. The number of benzene rings is 2. The van der Waals surface area contributed by atoms with E-state index in [2.05, 4.69) is 27.8 Å². The van der Waals surface area contributed by atoms with Gasteiger partial charge in [-0.3, -0.25) is 9.59 Å². The summed E-state index contributed by atoms with van der Waals surface area (Å²) in [4.78, 5) is 24.7. The van der Waals surface area contributed by atoms with Crippen molar-refractivity contribution in [3.8, 4) is 5.75 Å².